The first-order valence-electron chi connectivity index (χ1n) is 45.4. The van der Waals surface area contributed by atoms with Gasteiger partial charge < -0.3 is 89.9 Å². The Balaban J connectivity index is 1.32. The van der Waals surface area contributed by atoms with Gasteiger partial charge >= 0.3 is 0 Å². The molecule has 0 aliphatic carbocycles. The van der Waals surface area contributed by atoms with Crippen LogP contribution in [-0.4, -0.2) is 193 Å². The molecule has 3 saturated heterocycles. The number of unbranched alkanes of at least 4 members (excludes halogenated alkanes) is 50. The number of allylic oxidation sites excluding steroid dienone is 8. The average molecular weight is 1550 g/mol. The molecule has 0 aromatic rings. The van der Waals surface area contributed by atoms with Gasteiger partial charge in [0.15, 0.2) is 18.9 Å². The third-order valence-corrected chi connectivity index (χ3v) is 22.7. The fraction of sp³-hybridized carbons (Fsp3) is 0.900. The van der Waals surface area contributed by atoms with Gasteiger partial charge in [0.2, 0.25) is 5.91 Å². The summed E-state index contributed by atoms with van der Waals surface area (Å²) in [5.41, 5.74) is 0. The number of carbonyl (C=O) groups excluding carboxylic acids is 1. The van der Waals surface area contributed by atoms with Gasteiger partial charge in [0, 0.05) is 6.42 Å². The summed E-state index contributed by atoms with van der Waals surface area (Å²) in [5.74, 6) is -0.235. The van der Waals surface area contributed by atoms with E-state index in [1.165, 1.54) is 283 Å². The van der Waals surface area contributed by atoms with Crippen LogP contribution >= 0.6 is 0 Å². The summed E-state index contributed by atoms with van der Waals surface area (Å²) in [7, 11) is 0. The molecule has 12 N–H and O–H groups in total. The number of carbonyl (C=O) groups is 1. The maximum absolute atomic E-state index is 13.5. The minimum atomic E-state index is -1.97. The van der Waals surface area contributed by atoms with Crippen molar-refractivity contribution >= 4 is 5.91 Å². The molecule has 19 nitrogen and oxygen atoms in total. The van der Waals surface area contributed by atoms with Gasteiger partial charge in [-0.05, 0) is 51.4 Å². The van der Waals surface area contributed by atoms with E-state index in [2.05, 4.69) is 67.8 Å². The Labute approximate surface area is 663 Å². The minimum absolute atomic E-state index is 0.235. The lowest BCUT2D eigenvalue weighted by molar-refractivity contribution is -0.379. The first-order valence-corrected chi connectivity index (χ1v) is 45.4. The van der Waals surface area contributed by atoms with Crippen LogP contribution in [0.1, 0.15) is 386 Å². The summed E-state index contributed by atoms with van der Waals surface area (Å²) in [6, 6.07) is -0.889. The normalized spacial score (nSPS) is 25.5. The predicted molar refractivity (Wildman–Crippen MR) is 439 cm³/mol. The van der Waals surface area contributed by atoms with E-state index in [-0.39, 0.29) is 18.9 Å². The van der Waals surface area contributed by atoms with Gasteiger partial charge in [-0.1, -0.05) is 377 Å². The molecular weight excluding hydrogens is 1380 g/mol. The second kappa shape index (κ2) is 70.0. The molecule has 0 saturated carbocycles. The van der Waals surface area contributed by atoms with Crippen LogP contribution in [0, 0.1) is 0 Å². The average Bonchev–Trinajstić information content (AvgIpc) is 0.782. The molecule has 0 bridgehead atoms. The highest BCUT2D eigenvalue weighted by atomic mass is 16.8. The molecule has 0 aromatic heterocycles. The maximum Gasteiger partial charge on any atom is 0.220 e. The second-order valence-electron chi connectivity index (χ2n) is 32.4. The summed E-state index contributed by atoms with van der Waals surface area (Å²) < 4.78 is 34.6. The van der Waals surface area contributed by atoms with Crippen molar-refractivity contribution in [1.29, 1.82) is 0 Å². The number of rotatable bonds is 74. The van der Waals surface area contributed by atoms with Crippen molar-refractivity contribution in [1.82, 2.24) is 5.32 Å². The van der Waals surface area contributed by atoms with E-state index in [0.717, 1.165) is 70.6 Å². The third kappa shape index (κ3) is 48.8. The molecule has 3 aliphatic rings. The van der Waals surface area contributed by atoms with Crippen LogP contribution in [0.5, 0.6) is 0 Å². The molecule has 19 heteroatoms. The number of hydrogen-bond acceptors (Lipinski definition) is 18. The Morgan fingerprint density at radius 3 is 0.991 bits per heavy atom. The van der Waals surface area contributed by atoms with E-state index in [0.29, 0.717) is 12.8 Å². The lowest BCUT2D eigenvalue weighted by Gasteiger charge is -2.48. The van der Waals surface area contributed by atoms with Crippen LogP contribution < -0.4 is 5.32 Å². The molecule has 17 atom stereocenters. The number of amides is 1. The van der Waals surface area contributed by atoms with Crippen LogP contribution in [0.4, 0.5) is 0 Å². The van der Waals surface area contributed by atoms with Gasteiger partial charge in [0.25, 0.3) is 0 Å². The Hall–Kier alpha value is -2.25. The second-order valence-corrected chi connectivity index (χ2v) is 32.4. The number of aliphatic hydroxyl groups is 11. The highest BCUT2D eigenvalue weighted by Gasteiger charge is 2.54. The van der Waals surface area contributed by atoms with E-state index < -0.39 is 124 Å². The molecule has 0 spiro atoms. The van der Waals surface area contributed by atoms with Crippen molar-refractivity contribution in [3.05, 3.63) is 48.6 Å². The zero-order valence-electron chi connectivity index (χ0n) is 69.1. The van der Waals surface area contributed by atoms with Crippen LogP contribution in [0.25, 0.3) is 0 Å². The zero-order chi connectivity index (χ0) is 78.8. The van der Waals surface area contributed by atoms with E-state index in [1.807, 2.05) is 0 Å². The zero-order valence-corrected chi connectivity index (χ0v) is 69.1. The predicted octanol–water partition coefficient (Wildman–Crippen LogP) is 17.2. The molecule has 3 rings (SSSR count). The SMILES string of the molecule is CC/C=C\C/C=C\C/C=C\C/C=C\CCCCCCCCCCCCCCCCCCCCCCC(=O)NC(COC1OC(CO)C(OC2OC(CO)C(OC3OC(CO)C(O)C(O)C3O)C(O)C2O)C(O)C1O)C(O)CCCCCCCCCCCCCCCCCCCCCCCCCCCCCCCCC. The maximum atomic E-state index is 13.5. The van der Waals surface area contributed by atoms with Crippen molar-refractivity contribution in [2.24, 2.45) is 0 Å². The molecule has 1 amide bonds. The Morgan fingerprint density at radius 2 is 0.633 bits per heavy atom. The molecule has 3 heterocycles. The largest absolute Gasteiger partial charge is 0.394 e. The van der Waals surface area contributed by atoms with Crippen molar-refractivity contribution in [3.8, 4) is 0 Å². The van der Waals surface area contributed by atoms with E-state index in [1.54, 1.807) is 0 Å². The highest BCUT2D eigenvalue weighted by molar-refractivity contribution is 5.76. The summed E-state index contributed by atoms with van der Waals surface area (Å²) in [5, 5.41) is 121. The van der Waals surface area contributed by atoms with Crippen molar-refractivity contribution in [2.45, 2.75) is 491 Å². The van der Waals surface area contributed by atoms with Crippen molar-refractivity contribution < 1.29 is 89.4 Å². The van der Waals surface area contributed by atoms with Gasteiger partial charge in [-0.15, -0.1) is 0 Å². The van der Waals surface area contributed by atoms with Crippen molar-refractivity contribution in [3.63, 3.8) is 0 Å². The third-order valence-electron chi connectivity index (χ3n) is 22.7. The van der Waals surface area contributed by atoms with Gasteiger partial charge in [-0.2, -0.15) is 0 Å². The molecule has 0 radical (unpaired) electrons. The van der Waals surface area contributed by atoms with Gasteiger partial charge in [0.05, 0.1) is 38.6 Å². The molecule has 17 unspecified atom stereocenters. The topological polar surface area (TPSA) is 307 Å². The summed E-state index contributed by atoms with van der Waals surface area (Å²) >= 11 is 0. The quantitative estimate of drug-likeness (QED) is 0.0199. The molecule has 109 heavy (non-hydrogen) atoms. The number of hydrogen-bond donors (Lipinski definition) is 12. The van der Waals surface area contributed by atoms with Crippen molar-refractivity contribution in [2.75, 3.05) is 26.4 Å². The lowest BCUT2D eigenvalue weighted by atomic mass is 9.96. The molecule has 0 aromatic carbocycles. The van der Waals surface area contributed by atoms with Crippen LogP contribution in [0.15, 0.2) is 48.6 Å². The smallest absolute Gasteiger partial charge is 0.220 e. The standard InChI is InChI=1S/C90H167NO18/c1-3-5-7-9-11-13-15-17-19-21-23-25-27-29-31-33-35-36-38-40-42-44-46-48-50-52-54-56-58-60-62-64-66-68-78(96)91-73(74(95)67-65-63-61-59-57-55-53-51-49-47-45-43-41-39-37-34-32-30-28-26-24-22-20-18-16-14-12-10-8-6-4-2)72-104-88-84(102)81(99)86(76(70-93)106-88)109-90-85(103)82(100)87(77(71-94)107-90)108-89-83(101)80(98)79(97)75(69-92)105-89/h5,7,11,13,17,19,23,25,73-77,79-90,92-95,97-103H,3-4,6,8-10,12,14-16,18,20-22,24,26-72H2,1-2H3,(H,91,96)/b7-5-,13-11-,19-17-,25-23-. The Bertz CT molecular complexity index is 2150. The Morgan fingerprint density at radius 1 is 0.339 bits per heavy atom. The number of ether oxygens (including phenoxy) is 6. The van der Waals surface area contributed by atoms with E-state index in [4.69, 9.17) is 28.4 Å². The first-order chi connectivity index (χ1) is 53.3. The monoisotopic (exact) mass is 1550 g/mol. The van der Waals surface area contributed by atoms with Gasteiger partial charge in [-0.25, -0.2) is 0 Å². The summed E-state index contributed by atoms with van der Waals surface area (Å²) in [6.07, 6.45) is 63.6. The summed E-state index contributed by atoms with van der Waals surface area (Å²) in [4.78, 5) is 13.5. The molecule has 3 fully saturated rings. The minimum Gasteiger partial charge on any atom is -0.394 e. The number of nitrogens with one attached hydrogen (secondary N) is 1. The number of aliphatic hydroxyl groups excluding tert-OH is 11. The van der Waals surface area contributed by atoms with Gasteiger partial charge in [0.1, 0.15) is 73.2 Å². The summed E-state index contributed by atoms with van der Waals surface area (Å²) in [6.45, 7) is 1.76. The van der Waals surface area contributed by atoms with Crippen LogP contribution in [0.2, 0.25) is 0 Å². The molecule has 3 aliphatic heterocycles. The molecule has 640 valence electrons. The van der Waals surface area contributed by atoms with E-state index in [9.17, 15) is 61.0 Å². The highest BCUT2D eigenvalue weighted by Crippen LogP contribution is 2.34. The fourth-order valence-corrected chi connectivity index (χ4v) is 15.5. The van der Waals surface area contributed by atoms with Crippen LogP contribution in [0.3, 0.4) is 0 Å². The lowest BCUT2D eigenvalue weighted by Crippen LogP contribution is -2.66. The van der Waals surface area contributed by atoms with E-state index >= 15 is 0 Å². The fourth-order valence-electron chi connectivity index (χ4n) is 15.5. The Kier molecular flexibility index (Phi) is 64.8. The first kappa shape index (κ1) is 101. The van der Waals surface area contributed by atoms with Crippen LogP contribution in [-0.2, 0) is 33.2 Å². The van der Waals surface area contributed by atoms with Gasteiger partial charge in [-0.3, -0.25) is 4.79 Å². The molecular formula is C90H167NO18.